The first kappa shape index (κ1) is 18.4. The van der Waals surface area contributed by atoms with E-state index in [1.54, 1.807) is 7.11 Å². The molecule has 5 atom stereocenters. The number of methoxy groups -OCH3 is 1. The van der Waals surface area contributed by atoms with Crippen molar-refractivity contribution in [1.82, 2.24) is 0 Å². The third kappa shape index (κ3) is 3.32. The molecule has 5 rings (SSSR count). The molecule has 3 heterocycles. The van der Waals surface area contributed by atoms with Crippen LogP contribution in [0.5, 0.6) is 0 Å². The highest BCUT2D eigenvalue weighted by Gasteiger charge is 2.63. The fraction of sp³-hybridized carbons (Fsp3) is 0.714. The largest absolute Gasteiger partial charge is 0.377 e. The summed E-state index contributed by atoms with van der Waals surface area (Å²) in [6.45, 7) is 3.29. The molecule has 1 spiro atoms. The lowest BCUT2D eigenvalue weighted by molar-refractivity contribution is -0.554. The number of ether oxygens (including phenoxy) is 3. The van der Waals surface area contributed by atoms with Crippen LogP contribution < -0.4 is 0 Å². The second-order valence-electron chi connectivity index (χ2n) is 8.03. The molecular formula is C21H30O5. The Balaban J connectivity index is 1.43. The molecule has 1 aromatic carbocycles. The summed E-state index contributed by atoms with van der Waals surface area (Å²) in [6, 6.07) is 10.3. The fourth-order valence-corrected chi connectivity index (χ4v) is 4.95. The van der Waals surface area contributed by atoms with Crippen molar-refractivity contribution in [1.29, 1.82) is 0 Å². The van der Waals surface area contributed by atoms with E-state index in [0.717, 1.165) is 32.1 Å². The zero-order chi connectivity index (χ0) is 18.0. The second kappa shape index (κ2) is 7.56. The summed E-state index contributed by atoms with van der Waals surface area (Å²) in [7, 11) is 1.71. The summed E-state index contributed by atoms with van der Waals surface area (Å²) in [5.74, 6) is 0.0201. The van der Waals surface area contributed by atoms with Crippen molar-refractivity contribution in [2.45, 2.75) is 69.7 Å². The smallest absolute Gasteiger partial charge is 0.201 e. The van der Waals surface area contributed by atoms with Crippen molar-refractivity contribution >= 4 is 0 Å². The van der Waals surface area contributed by atoms with Gasteiger partial charge in [0.2, 0.25) is 5.79 Å². The molecule has 1 saturated carbocycles. The molecule has 0 aromatic heterocycles. The number of hydrogen-bond donors (Lipinski definition) is 0. The molecule has 3 aliphatic heterocycles. The van der Waals surface area contributed by atoms with Gasteiger partial charge in [0, 0.05) is 20.1 Å². The Kier molecular flexibility index (Phi) is 5.35. The van der Waals surface area contributed by atoms with Crippen LogP contribution in [0, 0.1) is 11.8 Å². The molecule has 2 bridgehead atoms. The van der Waals surface area contributed by atoms with Crippen molar-refractivity contribution < 1.29 is 24.0 Å². The van der Waals surface area contributed by atoms with E-state index in [1.165, 1.54) is 12.0 Å². The van der Waals surface area contributed by atoms with Gasteiger partial charge in [0.05, 0.1) is 6.61 Å². The van der Waals surface area contributed by atoms with Gasteiger partial charge in [-0.2, -0.15) is 0 Å². The van der Waals surface area contributed by atoms with Crippen LogP contribution in [-0.2, 0) is 30.6 Å². The second-order valence-corrected chi connectivity index (χ2v) is 8.03. The Hall–Kier alpha value is -0.980. The summed E-state index contributed by atoms with van der Waals surface area (Å²) in [4.78, 5) is 11.9. The lowest BCUT2D eigenvalue weighted by atomic mass is 9.65. The summed E-state index contributed by atoms with van der Waals surface area (Å²) >= 11 is 0. The third-order valence-electron chi connectivity index (χ3n) is 6.35. The van der Waals surface area contributed by atoms with Crippen LogP contribution in [0.15, 0.2) is 30.3 Å². The Morgan fingerprint density at radius 1 is 1.12 bits per heavy atom. The minimum atomic E-state index is -0.697. The van der Waals surface area contributed by atoms with E-state index in [0.29, 0.717) is 25.0 Å². The molecule has 0 N–H and O–H groups in total. The van der Waals surface area contributed by atoms with Crippen LogP contribution in [0.2, 0.25) is 0 Å². The number of fused-ring (bicyclic) bond motifs is 3. The molecule has 1 aliphatic carbocycles. The maximum atomic E-state index is 6.20. The minimum Gasteiger partial charge on any atom is -0.377 e. The van der Waals surface area contributed by atoms with Crippen LogP contribution in [0.4, 0.5) is 0 Å². The quantitative estimate of drug-likeness (QED) is 0.560. The maximum Gasteiger partial charge on any atom is 0.201 e. The predicted molar refractivity (Wildman–Crippen MR) is 96.0 cm³/mol. The summed E-state index contributed by atoms with van der Waals surface area (Å²) in [6.07, 6.45) is 5.89. The molecular weight excluding hydrogens is 332 g/mol. The van der Waals surface area contributed by atoms with Crippen molar-refractivity contribution in [3.05, 3.63) is 35.9 Å². The molecule has 144 valence electrons. The lowest BCUT2D eigenvalue weighted by Gasteiger charge is -2.53. The molecule has 1 unspecified atom stereocenters. The van der Waals surface area contributed by atoms with E-state index in [1.807, 2.05) is 25.1 Å². The van der Waals surface area contributed by atoms with Gasteiger partial charge in [-0.1, -0.05) is 36.8 Å². The number of hydrogen-bond acceptors (Lipinski definition) is 5. The lowest BCUT2D eigenvalue weighted by Crippen LogP contribution is -2.63. The topological polar surface area (TPSA) is 46.2 Å². The highest BCUT2D eigenvalue weighted by atomic mass is 17.3. The Labute approximate surface area is 155 Å². The average Bonchev–Trinajstić information content (AvgIpc) is 2.90. The van der Waals surface area contributed by atoms with Gasteiger partial charge >= 0.3 is 0 Å². The number of benzene rings is 1. The predicted octanol–water partition coefficient (Wildman–Crippen LogP) is 4.21. The average molecular weight is 362 g/mol. The highest BCUT2D eigenvalue weighted by molar-refractivity contribution is 5.13. The van der Waals surface area contributed by atoms with Gasteiger partial charge < -0.3 is 14.2 Å². The molecule has 3 saturated heterocycles. The molecule has 4 aliphatic rings. The Morgan fingerprint density at radius 2 is 1.96 bits per heavy atom. The summed E-state index contributed by atoms with van der Waals surface area (Å²) in [5.41, 5.74) is 0.687. The van der Waals surface area contributed by atoms with E-state index in [-0.39, 0.29) is 6.29 Å². The van der Waals surface area contributed by atoms with E-state index in [9.17, 15) is 0 Å². The molecule has 0 radical (unpaired) electrons. The summed E-state index contributed by atoms with van der Waals surface area (Å²) in [5, 5.41) is 0. The first-order valence-corrected chi connectivity index (χ1v) is 9.85. The van der Waals surface area contributed by atoms with Crippen LogP contribution in [0.1, 0.15) is 51.0 Å². The molecule has 5 nitrogen and oxygen atoms in total. The highest BCUT2D eigenvalue weighted by Crippen LogP contribution is 2.55. The molecule has 26 heavy (non-hydrogen) atoms. The Bertz CT molecular complexity index is 593. The normalized spacial score (nSPS) is 39.4. The zero-order valence-corrected chi connectivity index (χ0v) is 15.8. The van der Waals surface area contributed by atoms with Crippen LogP contribution in [0.25, 0.3) is 0 Å². The maximum absolute atomic E-state index is 6.20. The van der Waals surface area contributed by atoms with Gasteiger partial charge in [-0.15, -0.1) is 0 Å². The third-order valence-corrected chi connectivity index (χ3v) is 6.35. The van der Waals surface area contributed by atoms with Crippen molar-refractivity contribution in [2.24, 2.45) is 11.8 Å². The van der Waals surface area contributed by atoms with E-state index >= 15 is 0 Å². The van der Waals surface area contributed by atoms with Crippen LogP contribution >= 0.6 is 0 Å². The molecule has 1 aromatic rings. The van der Waals surface area contributed by atoms with Gasteiger partial charge in [-0.05, 0) is 50.0 Å². The van der Waals surface area contributed by atoms with Gasteiger partial charge in [-0.25, -0.2) is 9.78 Å². The minimum absolute atomic E-state index is 0.310. The molecule has 0 amide bonds. The SMILES string of the molecule is CO[C@H]1O[C@]2(C)CC[C@H]3CCC[C@@H](CCOCc4ccccc4)C31OO2. The van der Waals surface area contributed by atoms with E-state index < -0.39 is 11.4 Å². The van der Waals surface area contributed by atoms with Gasteiger partial charge in [-0.3, -0.25) is 0 Å². The monoisotopic (exact) mass is 362 g/mol. The van der Waals surface area contributed by atoms with Gasteiger partial charge in [0.25, 0.3) is 0 Å². The summed E-state index contributed by atoms with van der Waals surface area (Å²) < 4.78 is 17.9. The number of rotatable bonds is 6. The van der Waals surface area contributed by atoms with Crippen LogP contribution in [-0.4, -0.2) is 31.4 Å². The Morgan fingerprint density at radius 3 is 2.77 bits per heavy atom. The van der Waals surface area contributed by atoms with Crippen molar-refractivity contribution in [2.75, 3.05) is 13.7 Å². The van der Waals surface area contributed by atoms with Crippen molar-refractivity contribution in [3.8, 4) is 0 Å². The van der Waals surface area contributed by atoms with Crippen molar-refractivity contribution in [3.63, 3.8) is 0 Å². The van der Waals surface area contributed by atoms with E-state index in [2.05, 4.69) is 12.1 Å². The van der Waals surface area contributed by atoms with E-state index in [4.69, 9.17) is 24.0 Å². The fourth-order valence-electron chi connectivity index (χ4n) is 4.95. The zero-order valence-electron chi connectivity index (χ0n) is 15.8. The van der Waals surface area contributed by atoms with Gasteiger partial charge in [0.15, 0.2) is 11.9 Å². The van der Waals surface area contributed by atoms with Crippen LogP contribution in [0.3, 0.4) is 0 Å². The molecule has 4 fully saturated rings. The van der Waals surface area contributed by atoms with Gasteiger partial charge in [0.1, 0.15) is 0 Å². The molecule has 5 heteroatoms. The first-order valence-electron chi connectivity index (χ1n) is 9.85. The first-order chi connectivity index (χ1) is 12.7. The standard InChI is InChI=1S/C21H30O5/c1-20-13-11-17-9-6-10-18(21(17,26-25-20)19(22-2)24-20)12-14-23-15-16-7-4-3-5-8-16/h3-5,7-8,17-19H,6,9-15H2,1-2H3/t17-,18+,19+,20+,21?/m1/s1.